The maximum atomic E-state index is 13.0. The van der Waals surface area contributed by atoms with Crippen molar-refractivity contribution in [2.75, 3.05) is 6.54 Å². The van der Waals surface area contributed by atoms with E-state index >= 15 is 0 Å². The highest BCUT2D eigenvalue weighted by molar-refractivity contribution is 5.82. The fourth-order valence-corrected chi connectivity index (χ4v) is 4.31. The summed E-state index contributed by atoms with van der Waals surface area (Å²) >= 11 is 0. The van der Waals surface area contributed by atoms with Gasteiger partial charge in [0.05, 0.1) is 12.6 Å². The van der Waals surface area contributed by atoms with Gasteiger partial charge in [-0.05, 0) is 42.6 Å². The third-order valence-electron chi connectivity index (χ3n) is 5.84. The van der Waals surface area contributed by atoms with Gasteiger partial charge in [0.25, 0.3) is 0 Å². The Hall–Kier alpha value is -1.68. The number of carbonyl (C=O) groups excluding carboxylic acids is 2. The van der Waals surface area contributed by atoms with E-state index in [1.54, 1.807) is 0 Å². The van der Waals surface area contributed by atoms with Crippen LogP contribution in [0.4, 0.5) is 0 Å². The lowest BCUT2D eigenvalue weighted by molar-refractivity contribution is -0.127. The summed E-state index contributed by atoms with van der Waals surface area (Å²) in [6, 6.07) is 9.69. The van der Waals surface area contributed by atoms with Gasteiger partial charge in [0.1, 0.15) is 5.78 Å². The average molecular weight is 359 g/mol. The summed E-state index contributed by atoms with van der Waals surface area (Å²) in [7, 11) is 0. The van der Waals surface area contributed by atoms with Gasteiger partial charge in [0.2, 0.25) is 5.91 Å². The number of hydrogen-bond donors (Lipinski definition) is 2. The lowest BCUT2D eigenvalue weighted by atomic mass is 9.68. The van der Waals surface area contributed by atoms with Crippen LogP contribution < -0.4 is 11.1 Å². The molecule has 4 nitrogen and oxygen atoms in total. The molecule has 1 aliphatic carbocycles. The van der Waals surface area contributed by atoms with E-state index in [1.807, 2.05) is 30.3 Å². The first-order chi connectivity index (χ1) is 12.4. The van der Waals surface area contributed by atoms with Crippen LogP contribution in [-0.2, 0) is 9.59 Å². The van der Waals surface area contributed by atoms with Gasteiger partial charge >= 0.3 is 0 Å². The number of benzene rings is 1. The zero-order chi connectivity index (χ0) is 19.1. The zero-order valence-electron chi connectivity index (χ0n) is 16.4. The Kier molecular flexibility index (Phi) is 7.83. The van der Waals surface area contributed by atoms with E-state index in [9.17, 15) is 9.59 Å². The molecule has 0 radical (unpaired) electrons. The quantitative estimate of drug-likeness (QED) is 0.741. The number of carbonyl (C=O) groups is 2. The summed E-state index contributed by atoms with van der Waals surface area (Å²) in [5, 5.41) is 2.97. The number of nitrogens with one attached hydrogen (secondary N) is 1. The van der Waals surface area contributed by atoms with E-state index in [-0.39, 0.29) is 24.4 Å². The van der Waals surface area contributed by atoms with Crippen LogP contribution in [0.3, 0.4) is 0 Å². The number of rotatable bonds is 8. The molecule has 1 saturated carbocycles. The smallest absolute Gasteiger partial charge is 0.234 e. The van der Waals surface area contributed by atoms with Gasteiger partial charge in [-0.15, -0.1) is 0 Å². The molecule has 1 fully saturated rings. The van der Waals surface area contributed by atoms with Crippen LogP contribution in [-0.4, -0.2) is 18.2 Å². The van der Waals surface area contributed by atoms with Crippen molar-refractivity contribution in [1.82, 2.24) is 5.32 Å². The number of ketones is 1. The zero-order valence-corrected chi connectivity index (χ0v) is 16.4. The van der Waals surface area contributed by atoms with Gasteiger partial charge in [-0.2, -0.15) is 0 Å². The van der Waals surface area contributed by atoms with Crippen LogP contribution in [0.1, 0.15) is 64.5 Å². The summed E-state index contributed by atoms with van der Waals surface area (Å²) in [4.78, 5) is 24.8. The highest BCUT2D eigenvalue weighted by Gasteiger charge is 2.35. The molecule has 0 saturated heterocycles. The monoisotopic (exact) mass is 358 g/mol. The molecular formula is C22H34N2O2. The van der Waals surface area contributed by atoms with Crippen molar-refractivity contribution in [2.45, 2.75) is 58.9 Å². The highest BCUT2D eigenvalue weighted by atomic mass is 16.2. The molecule has 0 unspecified atom stereocenters. The van der Waals surface area contributed by atoms with E-state index in [4.69, 9.17) is 5.73 Å². The van der Waals surface area contributed by atoms with Crippen molar-refractivity contribution in [3.63, 3.8) is 0 Å². The summed E-state index contributed by atoms with van der Waals surface area (Å²) < 4.78 is 0. The average Bonchev–Trinajstić information content (AvgIpc) is 2.64. The van der Waals surface area contributed by atoms with Crippen LogP contribution in [0.15, 0.2) is 30.3 Å². The molecular weight excluding hydrogens is 324 g/mol. The second-order valence-corrected chi connectivity index (χ2v) is 8.17. The van der Waals surface area contributed by atoms with Crippen molar-refractivity contribution < 1.29 is 9.59 Å². The minimum atomic E-state index is -0.183. The third kappa shape index (κ3) is 5.66. The number of Topliss-reactive ketones (excluding diaryl/α,β-unsaturated/α-hetero) is 1. The molecule has 1 aromatic carbocycles. The van der Waals surface area contributed by atoms with E-state index < -0.39 is 0 Å². The second kappa shape index (κ2) is 9.86. The van der Waals surface area contributed by atoms with Crippen LogP contribution in [0.5, 0.6) is 0 Å². The minimum Gasteiger partial charge on any atom is -0.348 e. The van der Waals surface area contributed by atoms with Gasteiger partial charge in [-0.1, -0.05) is 57.5 Å². The lowest BCUT2D eigenvalue weighted by Crippen LogP contribution is -2.36. The van der Waals surface area contributed by atoms with Gasteiger partial charge < -0.3 is 11.1 Å². The Morgan fingerprint density at radius 3 is 2.50 bits per heavy atom. The van der Waals surface area contributed by atoms with Gasteiger partial charge in [0, 0.05) is 12.3 Å². The standard InChI is InChI=1S/C22H34N2O2/c1-15(2)18-10-9-16(3)13-19(18)21(25)12-11-20(24-22(26)14-23)17-7-5-4-6-8-17/h4-8,15-16,18-20H,9-14,23H2,1-3H3,(H,24,26)/t16-,18+,19-,20-/m1/s1. The molecule has 0 spiro atoms. The van der Waals surface area contributed by atoms with E-state index in [0.29, 0.717) is 36.4 Å². The second-order valence-electron chi connectivity index (χ2n) is 8.17. The van der Waals surface area contributed by atoms with Crippen LogP contribution in [0.2, 0.25) is 0 Å². The Morgan fingerprint density at radius 1 is 1.19 bits per heavy atom. The van der Waals surface area contributed by atoms with E-state index in [2.05, 4.69) is 26.1 Å². The minimum absolute atomic E-state index is 0.0349. The van der Waals surface area contributed by atoms with Crippen molar-refractivity contribution in [3.8, 4) is 0 Å². The van der Waals surface area contributed by atoms with Crippen molar-refractivity contribution in [1.29, 1.82) is 0 Å². The predicted molar refractivity (Wildman–Crippen MR) is 105 cm³/mol. The molecule has 4 atom stereocenters. The van der Waals surface area contributed by atoms with Crippen LogP contribution in [0.25, 0.3) is 0 Å². The summed E-state index contributed by atoms with van der Waals surface area (Å²) in [6.45, 7) is 6.68. The Bertz CT molecular complexity index is 585. The van der Waals surface area contributed by atoms with E-state index in [1.165, 1.54) is 6.42 Å². The first-order valence-electron chi connectivity index (χ1n) is 9.99. The number of hydrogen-bond acceptors (Lipinski definition) is 3. The number of amides is 1. The lowest BCUT2D eigenvalue weighted by Gasteiger charge is -2.36. The molecule has 0 aromatic heterocycles. The maximum absolute atomic E-state index is 13.0. The van der Waals surface area contributed by atoms with Gasteiger partial charge in [-0.3, -0.25) is 9.59 Å². The highest BCUT2D eigenvalue weighted by Crippen LogP contribution is 2.39. The first kappa shape index (κ1) is 20.6. The first-order valence-corrected chi connectivity index (χ1v) is 9.99. The van der Waals surface area contributed by atoms with Gasteiger partial charge in [0.15, 0.2) is 0 Å². The molecule has 1 aliphatic rings. The normalized spacial score (nSPS) is 24.3. The van der Waals surface area contributed by atoms with Crippen molar-refractivity contribution >= 4 is 11.7 Å². The molecule has 144 valence electrons. The topological polar surface area (TPSA) is 72.2 Å². The molecule has 0 bridgehead atoms. The molecule has 3 N–H and O–H groups in total. The van der Waals surface area contributed by atoms with E-state index in [0.717, 1.165) is 18.4 Å². The Labute approximate surface area is 157 Å². The van der Waals surface area contributed by atoms with Gasteiger partial charge in [-0.25, -0.2) is 0 Å². The molecule has 2 rings (SSSR count). The largest absolute Gasteiger partial charge is 0.348 e. The predicted octanol–water partition coefficient (Wildman–Crippen LogP) is 3.86. The molecule has 1 amide bonds. The fourth-order valence-electron chi connectivity index (χ4n) is 4.31. The molecule has 1 aromatic rings. The van der Waals surface area contributed by atoms with Crippen molar-refractivity contribution in [2.24, 2.45) is 29.4 Å². The molecule has 0 heterocycles. The molecule has 0 aliphatic heterocycles. The molecule has 26 heavy (non-hydrogen) atoms. The summed E-state index contributed by atoms with van der Waals surface area (Å²) in [5.41, 5.74) is 6.49. The third-order valence-corrected chi connectivity index (χ3v) is 5.84. The summed E-state index contributed by atoms with van der Waals surface area (Å²) in [6.07, 6.45) is 4.52. The number of nitrogens with two attached hydrogens (primary N) is 1. The van der Waals surface area contributed by atoms with Crippen molar-refractivity contribution in [3.05, 3.63) is 35.9 Å². The van der Waals surface area contributed by atoms with Crippen LogP contribution >= 0.6 is 0 Å². The van der Waals surface area contributed by atoms with Crippen LogP contribution in [0, 0.1) is 23.7 Å². The SMILES string of the molecule is CC(C)[C@@H]1CC[C@@H](C)C[C@H]1C(=O)CC[C@@H](NC(=O)CN)c1ccccc1. The Morgan fingerprint density at radius 2 is 1.88 bits per heavy atom. The maximum Gasteiger partial charge on any atom is 0.234 e. The Balaban J connectivity index is 2.04. The molecule has 4 heteroatoms. The fraction of sp³-hybridized carbons (Fsp3) is 0.636. The summed E-state index contributed by atoms with van der Waals surface area (Å²) in [5.74, 6) is 2.00.